The van der Waals surface area contributed by atoms with Crippen LogP contribution >= 0.6 is 0 Å². The highest BCUT2D eigenvalue weighted by atomic mass is 19.1. The second-order valence-corrected chi connectivity index (χ2v) is 7.85. The summed E-state index contributed by atoms with van der Waals surface area (Å²) >= 11 is 0. The first-order chi connectivity index (χ1) is 14.8. The van der Waals surface area contributed by atoms with Crippen LogP contribution in [0.15, 0.2) is 48.5 Å². The molecule has 2 amide bonds. The van der Waals surface area contributed by atoms with Crippen LogP contribution in [0.2, 0.25) is 0 Å². The van der Waals surface area contributed by atoms with E-state index in [4.69, 9.17) is 4.74 Å². The van der Waals surface area contributed by atoms with Crippen LogP contribution in [-0.2, 0) is 19.1 Å². The van der Waals surface area contributed by atoms with Crippen molar-refractivity contribution in [1.29, 1.82) is 0 Å². The molecule has 0 unspecified atom stereocenters. The number of amides is 2. The zero-order valence-corrected chi connectivity index (χ0v) is 17.9. The Kier molecular flexibility index (Phi) is 7.05. The van der Waals surface area contributed by atoms with Crippen molar-refractivity contribution >= 4 is 29.2 Å². The van der Waals surface area contributed by atoms with E-state index in [1.165, 1.54) is 31.2 Å². The van der Waals surface area contributed by atoms with Crippen LogP contribution in [0.25, 0.3) is 0 Å². The highest BCUT2D eigenvalue weighted by Crippen LogP contribution is 2.33. The third-order valence-electron chi connectivity index (χ3n) is 5.60. The van der Waals surface area contributed by atoms with E-state index in [1.54, 1.807) is 4.90 Å². The lowest BCUT2D eigenvalue weighted by Gasteiger charge is -2.23. The molecule has 1 fully saturated rings. The Bertz CT molecular complexity index is 960. The van der Waals surface area contributed by atoms with Gasteiger partial charge in [0.25, 0.3) is 5.91 Å². The number of rotatable bonds is 7. The summed E-state index contributed by atoms with van der Waals surface area (Å²) in [6.45, 7) is 5.87. The molecule has 1 aliphatic rings. The summed E-state index contributed by atoms with van der Waals surface area (Å²) in [7, 11) is 0. The fourth-order valence-electron chi connectivity index (χ4n) is 3.57. The molecule has 3 rings (SSSR count). The zero-order chi connectivity index (χ0) is 22.5. The molecule has 1 saturated heterocycles. The Hall–Kier alpha value is -3.22. The molecule has 3 atom stereocenters. The van der Waals surface area contributed by atoms with Crippen LogP contribution in [0.3, 0.4) is 0 Å². The number of ether oxygens (including phenoxy) is 1. The van der Waals surface area contributed by atoms with Crippen molar-refractivity contribution in [3.05, 3.63) is 59.9 Å². The van der Waals surface area contributed by atoms with Gasteiger partial charge in [-0.25, -0.2) is 4.39 Å². The topological polar surface area (TPSA) is 75.7 Å². The van der Waals surface area contributed by atoms with Gasteiger partial charge in [0.2, 0.25) is 5.91 Å². The average molecular weight is 426 g/mol. The largest absolute Gasteiger partial charge is 0.452 e. The second-order valence-electron chi connectivity index (χ2n) is 7.85. The lowest BCUT2D eigenvalue weighted by Crippen LogP contribution is -2.33. The molecule has 0 aliphatic carbocycles. The first-order valence-electron chi connectivity index (χ1n) is 10.5. The van der Waals surface area contributed by atoms with Gasteiger partial charge in [-0.3, -0.25) is 14.4 Å². The first-order valence-corrected chi connectivity index (χ1v) is 10.5. The van der Waals surface area contributed by atoms with Crippen molar-refractivity contribution in [1.82, 2.24) is 0 Å². The molecule has 2 aromatic carbocycles. The van der Waals surface area contributed by atoms with E-state index in [9.17, 15) is 18.8 Å². The molecule has 0 spiro atoms. The van der Waals surface area contributed by atoms with E-state index in [0.29, 0.717) is 5.69 Å². The number of para-hydroxylation sites is 1. The van der Waals surface area contributed by atoms with Gasteiger partial charge in [0.1, 0.15) is 5.82 Å². The molecule has 0 aromatic heterocycles. The Morgan fingerprint density at radius 1 is 1.16 bits per heavy atom. The van der Waals surface area contributed by atoms with E-state index in [1.807, 2.05) is 24.3 Å². The minimum absolute atomic E-state index is 0.0416. The summed E-state index contributed by atoms with van der Waals surface area (Å²) in [6.07, 6.45) is -0.0698. The van der Waals surface area contributed by atoms with Gasteiger partial charge in [0.05, 0.1) is 5.92 Å². The van der Waals surface area contributed by atoms with Crippen molar-refractivity contribution in [2.45, 2.75) is 45.6 Å². The molecule has 0 saturated carbocycles. The first kappa shape index (κ1) is 22.5. The van der Waals surface area contributed by atoms with Gasteiger partial charge in [0, 0.05) is 24.3 Å². The summed E-state index contributed by atoms with van der Waals surface area (Å²) < 4.78 is 18.3. The predicted octanol–water partition coefficient (Wildman–Crippen LogP) is 4.26. The van der Waals surface area contributed by atoms with Gasteiger partial charge >= 0.3 is 5.97 Å². The quantitative estimate of drug-likeness (QED) is 0.671. The zero-order valence-electron chi connectivity index (χ0n) is 17.9. The summed E-state index contributed by atoms with van der Waals surface area (Å²) in [5.41, 5.74) is 2.29. The van der Waals surface area contributed by atoms with Gasteiger partial charge < -0.3 is 15.0 Å². The minimum atomic E-state index is -1.05. The van der Waals surface area contributed by atoms with Crippen LogP contribution in [-0.4, -0.2) is 30.4 Å². The lowest BCUT2D eigenvalue weighted by atomic mass is 9.96. The number of carbonyl (C=O) groups is 3. The highest BCUT2D eigenvalue weighted by Gasteiger charge is 2.38. The summed E-state index contributed by atoms with van der Waals surface area (Å²) in [5, 5.41) is 2.57. The van der Waals surface area contributed by atoms with Gasteiger partial charge in [-0.05, 0) is 55.2 Å². The standard InChI is InChI=1S/C24H27FN2O4/c1-4-15(2)20-7-5-6-8-21(20)27-14-17(13-22(27)28)24(30)31-16(3)23(29)26-19-11-9-18(25)10-12-19/h5-12,15-17H,4,13-14H2,1-3H3,(H,26,29)/t15-,16-,17+/m0/s1. The molecule has 0 bridgehead atoms. The number of hydrogen-bond acceptors (Lipinski definition) is 4. The summed E-state index contributed by atoms with van der Waals surface area (Å²) in [5.74, 6) is -2.02. The Balaban J connectivity index is 1.62. The lowest BCUT2D eigenvalue weighted by molar-refractivity contribution is -0.157. The van der Waals surface area contributed by atoms with Crippen molar-refractivity contribution in [3.63, 3.8) is 0 Å². The maximum absolute atomic E-state index is 13.0. The van der Waals surface area contributed by atoms with E-state index < -0.39 is 29.7 Å². The third-order valence-corrected chi connectivity index (χ3v) is 5.60. The van der Waals surface area contributed by atoms with E-state index >= 15 is 0 Å². The highest BCUT2D eigenvalue weighted by molar-refractivity contribution is 6.01. The molecule has 2 aromatic rings. The SMILES string of the molecule is CC[C@H](C)c1ccccc1N1C[C@H](C(=O)O[C@@H](C)C(=O)Nc2ccc(F)cc2)CC1=O. The van der Waals surface area contributed by atoms with Gasteiger partial charge in [-0.15, -0.1) is 0 Å². The Morgan fingerprint density at radius 3 is 2.52 bits per heavy atom. The van der Waals surface area contributed by atoms with E-state index in [2.05, 4.69) is 19.2 Å². The second kappa shape index (κ2) is 9.73. The number of benzene rings is 2. The van der Waals surface area contributed by atoms with Gasteiger partial charge in [-0.2, -0.15) is 0 Å². The molecule has 6 nitrogen and oxygen atoms in total. The predicted molar refractivity (Wildman–Crippen MR) is 116 cm³/mol. The van der Waals surface area contributed by atoms with Gasteiger partial charge in [-0.1, -0.05) is 32.0 Å². The molecule has 31 heavy (non-hydrogen) atoms. The number of halogens is 1. The normalized spacial score (nSPS) is 17.9. The van der Waals surface area contributed by atoms with Crippen LogP contribution in [0.1, 0.15) is 45.1 Å². The molecule has 1 heterocycles. The number of anilines is 2. The molecular formula is C24H27FN2O4. The monoisotopic (exact) mass is 426 g/mol. The molecule has 1 N–H and O–H groups in total. The number of nitrogens with zero attached hydrogens (tertiary/aromatic N) is 1. The number of hydrogen-bond donors (Lipinski definition) is 1. The molecule has 0 radical (unpaired) electrons. The third kappa shape index (κ3) is 5.29. The van der Waals surface area contributed by atoms with Crippen LogP contribution in [0.4, 0.5) is 15.8 Å². The number of carbonyl (C=O) groups excluding carboxylic acids is 3. The van der Waals surface area contributed by atoms with Crippen molar-refractivity contribution in [3.8, 4) is 0 Å². The van der Waals surface area contributed by atoms with Crippen LogP contribution in [0.5, 0.6) is 0 Å². The van der Waals surface area contributed by atoms with E-state index in [0.717, 1.165) is 17.7 Å². The Morgan fingerprint density at radius 2 is 1.84 bits per heavy atom. The maximum Gasteiger partial charge on any atom is 0.312 e. The molecule has 1 aliphatic heterocycles. The van der Waals surface area contributed by atoms with Crippen molar-refractivity contribution < 1.29 is 23.5 Å². The Labute approximate surface area is 181 Å². The maximum atomic E-state index is 13.0. The van der Waals surface area contributed by atoms with Crippen LogP contribution in [0, 0.1) is 11.7 Å². The smallest absolute Gasteiger partial charge is 0.312 e. The average Bonchev–Trinajstić information content (AvgIpc) is 3.16. The summed E-state index contributed by atoms with van der Waals surface area (Å²) in [6, 6.07) is 13.0. The number of nitrogens with one attached hydrogen (secondary N) is 1. The van der Waals surface area contributed by atoms with Crippen molar-refractivity contribution in [2.75, 3.05) is 16.8 Å². The van der Waals surface area contributed by atoms with Crippen LogP contribution < -0.4 is 10.2 Å². The molecular weight excluding hydrogens is 399 g/mol. The number of esters is 1. The molecule has 7 heteroatoms. The summed E-state index contributed by atoms with van der Waals surface area (Å²) in [4.78, 5) is 39.2. The van der Waals surface area contributed by atoms with E-state index in [-0.39, 0.29) is 24.8 Å². The minimum Gasteiger partial charge on any atom is -0.452 e. The molecule has 164 valence electrons. The fraction of sp³-hybridized carbons (Fsp3) is 0.375. The fourth-order valence-corrected chi connectivity index (χ4v) is 3.57. The van der Waals surface area contributed by atoms with Gasteiger partial charge in [0.15, 0.2) is 6.10 Å². The van der Waals surface area contributed by atoms with Crippen molar-refractivity contribution in [2.24, 2.45) is 5.92 Å².